The fourth-order valence-electron chi connectivity index (χ4n) is 4.26. The van der Waals surface area contributed by atoms with E-state index in [0.29, 0.717) is 29.5 Å². The Morgan fingerprint density at radius 2 is 2.03 bits per heavy atom. The number of hydrogen-bond acceptors (Lipinski definition) is 5. The van der Waals surface area contributed by atoms with E-state index < -0.39 is 0 Å². The van der Waals surface area contributed by atoms with Crippen molar-refractivity contribution in [3.63, 3.8) is 0 Å². The third kappa shape index (κ3) is 5.75. The van der Waals surface area contributed by atoms with E-state index in [1.807, 2.05) is 18.2 Å². The second-order valence-electron chi connectivity index (χ2n) is 9.01. The van der Waals surface area contributed by atoms with Crippen molar-refractivity contribution in [2.24, 2.45) is 11.8 Å². The molecule has 0 radical (unpaired) electrons. The highest BCUT2D eigenvalue weighted by Crippen LogP contribution is 2.38. The fraction of sp³-hybridized carbons (Fsp3) is 0.583. The lowest BCUT2D eigenvalue weighted by atomic mass is 9.83. The SMILES string of the molecule is COc1cc(NC(C)C)ccc1-c1c(Cl)c(C(=O)NCC2CCC(C)CC2)nn1CCO. The molecule has 1 fully saturated rings. The van der Waals surface area contributed by atoms with Gasteiger partial charge >= 0.3 is 0 Å². The molecule has 176 valence electrons. The van der Waals surface area contributed by atoms with Crippen molar-refractivity contribution in [2.45, 2.75) is 59.0 Å². The summed E-state index contributed by atoms with van der Waals surface area (Å²) in [6, 6.07) is 6.00. The second kappa shape index (κ2) is 11.1. The minimum atomic E-state index is -0.288. The molecule has 0 unspecified atom stereocenters. The topological polar surface area (TPSA) is 88.4 Å². The molecule has 0 aliphatic heterocycles. The normalized spacial score (nSPS) is 18.6. The van der Waals surface area contributed by atoms with E-state index in [1.54, 1.807) is 11.8 Å². The van der Waals surface area contributed by atoms with Crippen LogP contribution in [0, 0.1) is 11.8 Å². The number of aliphatic hydroxyl groups excluding tert-OH is 1. The van der Waals surface area contributed by atoms with Crippen LogP contribution in [0.25, 0.3) is 11.3 Å². The number of rotatable bonds is 9. The van der Waals surface area contributed by atoms with Crippen LogP contribution in [0.4, 0.5) is 5.69 Å². The van der Waals surface area contributed by atoms with Crippen LogP contribution in [-0.4, -0.2) is 47.1 Å². The fourth-order valence-corrected chi connectivity index (χ4v) is 4.59. The quantitative estimate of drug-likeness (QED) is 0.507. The summed E-state index contributed by atoms with van der Waals surface area (Å²) in [5.74, 6) is 1.59. The van der Waals surface area contributed by atoms with Crippen LogP contribution in [-0.2, 0) is 6.54 Å². The van der Waals surface area contributed by atoms with Crippen molar-refractivity contribution >= 4 is 23.2 Å². The predicted molar refractivity (Wildman–Crippen MR) is 129 cm³/mol. The zero-order chi connectivity index (χ0) is 23.3. The van der Waals surface area contributed by atoms with Gasteiger partial charge < -0.3 is 20.5 Å². The molecule has 0 bridgehead atoms. The first-order valence-corrected chi connectivity index (χ1v) is 11.8. The molecule has 1 aliphatic rings. The van der Waals surface area contributed by atoms with Gasteiger partial charge in [0.2, 0.25) is 0 Å². The maximum Gasteiger partial charge on any atom is 0.273 e. The first-order chi connectivity index (χ1) is 15.3. The van der Waals surface area contributed by atoms with Gasteiger partial charge in [0.1, 0.15) is 5.75 Å². The van der Waals surface area contributed by atoms with Gasteiger partial charge in [-0.25, -0.2) is 0 Å². The average Bonchev–Trinajstić information content (AvgIpc) is 3.08. The molecule has 1 amide bonds. The van der Waals surface area contributed by atoms with E-state index in [-0.39, 0.29) is 35.8 Å². The number of halogens is 1. The number of amides is 1. The lowest BCUT2D eigenvalue weighted by Gasteiger charge is -2.26. The summed E-state index contributed by atoms with van der Waals surface area (Å²) in [4.78, 5) is 12.9. The van der Waals surface area contributed by atoms with Gasteiger partial charge in [0.05, 0.1) is 31.0 Å². The van der Waals surface area contributed by atoms with Crippen molar-refractivity contribution in [3.8, 4) is 17.0 Å². The number of hydrogen-bond donors (Lipinski definition) is 3. The summed E-state index contributed by atoms with van der Waals surface area (Å²) >= 11 is 6.69. The van der Waals surface area contributed by atoms with Crippen LogP contribution in [0.5, 0.6) is 5.75 Å². The van der Waals surface area contributed by atoms with E-state index in [1.165, 1.54) is 12.8 Å². The number of nitrogens with one attached hydrogen (secondary N) is 2. The molecule has 1 heterocycles. The number of anilines is 1. The van der Waals surface area contributed by atoms with Crippen molar-refractivity contribution in [2.75, 3.05) is 25.6 Å². The number of carbonyl (C=O) groups is 1. The first kappa shape index (κ1) is 24.4. The molecular weight excluding hydrogens is 428 g/mol. The minimum absolute atomic E-state index is 0.123. The number of aliphatic hydroxyl groups is 1. The molecule has 1 aromatic carbocycles. The van der Waals surface area contributed by atoms with E-state index in [2.05, 4.69) is 36.5 Å². The Hall–Kier alpha value is -2.25. The molecule has 3 rings (SSSR count). The minimum Gasteiger partial charge on any atom is -0.496 e. The molecule has 7 nitrogen and oxygen atoms in total. The molecule has 0 atom stereocenters. The molecular formula is C24H35ClN4O3. The average molecular weight is 463 g/mol. The van der Waals surface area contributed by atoms with Gasteiger partial charge in [-0.1, -0.05) is 31.4 Å². The highest BCUT2D eigenvalue weighted by Gasteiger charge is 2.26. The number of ether oxygens (including phenoxy) is 1. The summed E-state index contributed by atoms with van der Waals surface area (Å²) in [6.07, 6.45) is 4.68. The standard InChI is InChI=1S/C24H35ClN4O3/c1-15(2)27-18-9-10-19(20(13-18)32-4)23-21(25)22(28-29(23)11-12-30)24(31)26-14-17-7-5-16(3)6-8-17/h9-10,13,15-17,27,30H,5-8,11-12,14H2,1-4H3,(H,26,31). The van der Waals surface area contributed by atoms with Gasteiger partial charge in [0.15, 0.2) is 5.69 Å². The summed E-state index contributed by atoms with van der Waals surface area (Å²) in [6.45, 7) is 7.13. The molecule has 3 N–H and O–H groups in total. The lowest BCUT2D eigenvalue weighted by Crippen LogP contribution is -2.31. The monoisotopic (exact) mass is 462 g/mol. The highest BCUT2D eigenvalue weighted by molar-refractivity contribution is 6.36. The Morgan fingerprint density at radius 3 is 2.66 bits per heavy atom. The first-order valence-electron chi connectivity index (χ1n) is 11.4. The highest BCUT2D eigenvalue weighted by atomic mass is 35.5. The summed E-state index contributed by atoms with van der Waals surface area (Å²) in [5.41, 5.74) is 2.37. The van der Waals surface area contributed by atoms with Crippen molar-refractivity contribution in [1.29, 1.82) is 0 Å². The van der Waals surface area contributed by atoms with Crippen molar-refractivity contribution < 1.29 is 14.6 Å². The number of nitrogens with zero attached hydrogens (tertiary/aromatic N) is 2. The van der Waals surface area contributed by atoms with Crippen LogP contribution >= 0.6 is 11.6 Å². The predicted octanol–water partition coefficient (Wildman–Crippen LogP) is 4.58. The number of methoxy groups -OCH3 is 1. The molecule has 1 aliphatic carbocycles. The zero-order valence-corrected chi connectivity index (χ0v) is 20.2. The molecule has 1 saturated carbocycles. The van der Waals surface area contributed by atoms with Crippen LogP contribution < -0.4 is 15.4 Å². The Labute approximate surface area is 195 Å². The number of carbonyl (C=O) groups excluding carboxylic acids is 1. The maximum atomic E-state index is 12.9. The van der Waals surface area contributed by atoms with Crippen molar-refractivity contribution in [3.05, 3.63) is 28.9 Å². The van der Waals surface area contributed by atoms with Crippen LogP contribution in [0.1, 0.15) is 56.9 Å². The van der Waals surface area contributed by atoms with Gasteiger partial charge in [-0.15, -0.1) is 0 Å². The number of benzene rings is 1. The van der Waals surface area contributed by atoms with Gasteiger partial charge in [0.25, 0.3) is 5.91 Å². The largest absolute Gasteiger partial charge is 0.496 e. The molecule has 0 spiro atoms. The third-order valence-electron chi connectivity index (χ3n) is 6.02. The van der Waals surface area contributed by atoms with Crippen LogP contribution in [0.2, 0.25) is 5.02 Å². The molecule has 8 heteroatoms. The van der Waals surface area contributed by atoms with Crippen LogP contribution in [0.3, 0.4) is 0 Å². The Morgan fingerprint density at radius 1 is 1.31 bits per heavy atom. The zero-order valence-electron chi connectivity index (χ0n) is 19.4. The maximum absolute atomic E-state index is 12.9. The Kier molecular flexibility index (Phi) is 8.43. The summed E-state index contributed by atoms with van der Waals surface area (Å²) < 4.78 is 7.19. The summed E-state index contributed by atoms with van der Waals surface area (Å²) in [5, 5.41) is 20.6. The van der Waals surface area contributed by atoms with Gasteiger partial charge in [0, 0.05) is 29.9 Å². The molecule has 32 heavy (non-hydrogen) atoms. The van der Waals surface area contributed by atoms with E-state index in [9.17, 15) is 9.90 Å². The third-order valence-corrected chi connectivity index (χ3v) is 6.38. The molecule has 1 aromatic heterocycles. The summed E-state index contributed by atoms with van der Waals surface area (Å²) in [7, 11) is 1.59. The van der Waals surface area contributed by atoms with Crippen molar-refractivity contribution in [1.82, 2.24) is 15.1 Å². The van der Waals surface area contributed by atoms with E-state index in [0.717, 1.165) is 24.4 Å². The number of aromatic nitrogens is 2. The second-order valence-corrected chi connectivity index (χ2v) is 9.39. The van der Waals surface area contributed by atoms with E-state index in [4.69, 9.17) is 16.3 Å². The van der Waals surface area contributed by atoms with Gasteiger partial charge in [-0.05, 0) is 50.7 Å². The smallest absolute Gasteiger partial charge is 0.273 e. The molecule has 2 aromatic rings. The van der Waals surface area contributed by atoms with E-state index >= 15 is 0 Å². The lowest BCUT2D eigenvalue weighted by molar-refractivity contribution is 0.0935. The Bertz CT molecular complexity index is 920. The molecule has 0 saturated heterocycles. The van der Waals surface area contributed by atoms with Crippen LogP contribution in [0.15, 0.2) is 18.2 Å². The Balaban J connectivity index is 1.86. The van der Waals surface area contributed by atoms with Gasteiger partial charge in [-0.2, -0.15) is 5.10 Å². The van der Waals surface area contributed by atoms with Gasteiger partial charge in [-0.3, -0.25) is 9.48 Å².